The minimum Gasteiger partial charge on any atom is -0.463 e. The number of H-pyrrole nitrogens is 1. The van der Waals surface area contributed by atoms with Gasteiger partial charge in [-0.05, 0) is 51.4 Å². The van der Waals surface area contributed by atoms with Gasteiger partial charge in [0.05, 0.1) is 35.2 Å². The number of rotatable bonds is 5. The summed E-state index contributed by atoms with van der Waals surface area (Å²) < 4.78 is 57.9. The molecule has 3 aliphatic heterocycles. The average Bonchev–Trinajstić information content (AvgIpc) is 3.26. The normalized spacial score (nSPS) is 24.9. The van der Waals surface area contributed by atoms with Crippen molar-refractivity contribution >= 4 is 39.2 Å². The van der Waals surface area contributed by atoms with Gasteiger partial charge in [0.1, 0.15) is 23.6 Å². The maximum atomic E-state index is 16.9. The second-order valence-electron chi connectivity index (χ2n) is 12.9. The molecule has 0 unspecified atom stereocenters. The zero-order valence-electron chi connectivity index (χ0n) is 25.1. The van der Waals surface area contributed by atoms with Crippen LogP contribution in [0.25, 0.3) is 33.1 Å². The first kappa shape index (κ1) is 30.4. The molecule has 4 aromatic rings. The van der Waals surface area contributed by atoms with E-state index in [1.165, 1.54) is 6.20 Å². The summed E-state index contributed by atoms with van der Waals surface area (Å²) in [6, 6.07) is 1.56. The molecule has 240 valence electrons. The SMILES string of the molecule is CN(C)C[C@]1(COc2nc3c4cnc(c(F)c4n2)-c2c(c(Cl)cc4[nH]ncc24)CCCCOC[C@@H]2C[C@H](O)CN3C2)CC1(F)F. The van der Waals surface area contributed by atoms with E-state index in [2.05, 4.69) is 25.1 Å². The third-order valence-electron chi connectivity index (χ3n) is 9.12. The number of aliphatic hydroxyl groups is 1. The largest absolute Gasteiger partial charge is 0.463 e. The van der Waals surface area contributed by atoms with Gasteiger partial charge in [-0.25, -0.2) is 13.2 Å². The van der Waals surface area contributed by atoms with E-state index in [1.807, 2.05) is 4.90 Å². The molecule has 14 heteroatoms. The molecule has 0 amide bonds. The number of aliphatic hydroxyl groups excluding tert-OH is 1. The van der Waals surface area contributed by atoms with Crippen LogP contribution in [-0.4, -0.2) is 101 Å². The Morgan fingerprint density at radius 1 is 1.20 bits per heavy atom. The molecule has 45 heavy (non-hydrogen) atoms. The first-order chi connectivity index (χ1) is 21.5. The van der Waals surface area contributed by atoms with Crippen LogP contribution in [0.2, 0.25) is 5.02 Å². The van der Waals surface area contributed by atoms with Crippen molar-refractivity contribution in [3.63, 3.8) is 0 Å². The summed E-state index contributed by atoms with van der Waals surface area (Å²) in [6.45, 7) is 1.47. The van der Waals surface area contributed by atoms with Crippen molar-refractivity contribution in [2.75, 3.05) is 58.5 Å². The van der Waals surface area contributed by atoms with Crippen molar-refractivity contribution in [2.45, 2.75) is 44.1 Å². The molecule has 8 rings (SSSR count). The number of alkyl halides is 2. The van der Waals surface area contributed by atoms with Gasteiger partial charge in [0.25, 0.3) is 5.92 Å². The number of aromatic nitrogens is 5. The van der Waals surface area contributed by atoms with Gasteiger partial charge in [-0.15, -0.1) is 0 Å². The zero-order chi connectivity index (χ0) is 31.5. The molecule has 1 saturated heterocycles. The molecule has 1 aromatic carbocycles. The van der Waals surface area contributed by atoms with Gasteiger partial charge in [0.2, 0.25) is 0 Å². The lowest BCUT2D eigenvalue weighted by Gasteiger charge is -2.37. The minimum absolute atomic E-state index is 0.00817. The fraction of sp³-hybridized carbons (Fsp3) is 0.548. The average molecular weight is 646 g/mol. The molecule has 6 bridgehead atoms. The Labute approximate surface area is 262 Å². The number of anilines is 1. The summed E-state index contributed by atoms with van der Waals surface area (Å²) in [5.74, 6) is -3.30. The van der Waals surface area contributed by atoms with E-state index in [9.17, 15) is 13.9 Å². The van der Waals surface area contributed by atoms with E-state index in [0.717, 1.165) is 18.4 Å². The summed E-state index contributed by atoms with van der Waals surface area (Å²) in [5, 5.41) is 19.3. The zero-order valence-corrected chi connectivity index (χ0v) is 25.9. The number of benzene rings is 1. The van der Waals surface area contributed by atoms with E-state index in [1.54, 1.807) is 31.3 Å². The molecule has 6 heterocycles. The topological polar surface area (TPSA) is 113 Å². The van der Waals surface area contributed by atoms with E-state index in [0.29, 0.717) is 65.3 Å². The highest BCUT2D eigenvalue weighted by molar-refractivity contribution is 6.33. The van der Waals surface area contributed by atoms with Crippen molar-refractivity contribution in [3.05, 3.63) is 34.9 Å². The summed E-state index contributed by atoms with van der Waals surface area (Å²) in [5.41, 5.74) is 0.468. The number of fused-ring (bicyclic) bond motifs is 7. The van der Waals surface area contributed by atoms with Gasteiger partial charge in [0, 0.05) is 60.7 Å². The molecule has 0 radical (unpaired) electrons. The van der Waals surface area contributed by atoms with Gasteiger partial charge in [-0.3, -0.25) is 10.1 Å². The van der Waals surface area contributed by atoms with Crippen molar-refractivity contribution in [1.82, 2.24) is 30.0 Å². The highest BCUT2D eigenvalue weighted by Gasteiger charge is 2.71. The van der Waals surface area contributed by atoms with Crippen LogP contribution in [0.15, 0.2) is 18.5 Å². The van der Waals surface area contributed by atoms with Crippen LogP contribution in [0.1, 0.15) is 31.2 Å². The molecule has 0 spiro atoms. The number of nitrogens with one attached hydrogen (secondary N) is 1. The number of aromatic amines is 1. The van der Waals surface area contributed by atoms with Crippen molar-refractivity contribution < 1.29 is 27.8 Å². The Bertz CT molecular complexity index is 1750. The summed E-state index contributed by atoms with van der Waals surface area (Å²) in [4.78, 5) is 17.2. The summed E-state index contributed by atoms with van der Waals surface area (Å²) >= 11 is 6.77. The molecule has 1 aliphatic carbocycles. The van der Waals surface area contributed by atoms with E-state index in [-0.39, 0.29) is 49.3 Å². The van der Waals surface area contributed by atoms with Gasteiger partial charge in [-0.1, -0.05) is 11.6 Å². The van der Waals surface area contributed by atoms with E-state index in [4.69, 9.17) is 21.1 Å². The smallest absolute Gasteiger partial charge is 0.319 e. The quantitative estimate of drug-likeness (QED) is 0.314. The Morgan fingerprint density at radius 2 is 2.02 bits per heavy atom. The van der Waals surface area contributed by atoms with Crippen molar-refractivity contribution in [2.24, 2.45) is 11.3 Å². The molecule has 4 aliphatic rings. The first-order valence-electron chi connectivity index (χ1n) is 15.2. The van der Waals surface area contributed by atoms with Crippen LogP contribution < -0.4 is 9.64 Å². The Kier molecular flexibility index (Phi) is 7.78. The molecule has 2 N–H and O–H groups in total. The number of nitrogens with zero attached hydrogens (tertiary/aromatic N) is 6. The molecule has 3 aromatic heterocycles. The Balaban J connectivity index is 1.40. The Hall–Kier alpha value is -3.26. The standard InChI is InChI=1S/C31H35ClF3N7O3/c1-41(2)15-30(14-31(30,34)35)16-45-29-38-26-21-9-36-27(25(26)33)24-19(22(32)8-23-20(24)10-37-40-23)5-3-4-6-44-13-17-7-18(43)12-42(11-17)28(21)39-29/h8-10,17-18,43H,3-7,11-16H2,1-2H3,(H,37,40)/t17-,18+,30+/m1/s1. The maximum Gasteiger partial charge on any atom is 0.319 e. The number of ether oxygens (including phenoxy) is 2. The molecule has 1 saturated carbocycles. The highest BCUT2D eigenvalue weighted by atomic mass is 35.5. The van der Waals surface area contributed by atoms with E-state index < -0.39 is 23.3 Å². The number of hydrogen-bond acceptors (Lipinski definition) is 9. The predicted molar refractivity (Wildman–Crippen MR) is 164 cm³/mol. The molecule has 10 nitrogen and oxygen atoms in total. The summed E-state index contributed by atoms with van der Waals surface area (Å²) in [6.07, 6.45) is 4.76. The van der Waals surface area contributed by atoms with Crippen LogP contribution in [-0.2, 0) is 11.2 Å². The van der Waals surface area contributed by atoms with Gasteiger partial charge in [-0.2, -0.15) is 15.1 Å². The lowest BCUT2D eigenvalue weighted by atomic mass is 9.94. The van der Waals surface area contributed by atoms with E-state index >= 15 is 4.39 Å². The first-order valence-corrected chi connectivity index (χ1v) is 15.6. The highest BCUT2D eigenvalue weighted by Crippen LogP contribution is 2.60. The van der Waals surface area contributed by atoms with Crippen molar-refractivity contribution in [3.8, 4) is 17.3 Å². The van der Waals surface area contributed by atoms with Crippen LogP contribution in [0.5, 0.6) is 6.01 Å². The third kappa shape index (κ3) is 5.57. The van der Waals surface area contributed by atoms with Gasteiger partial charge < -0.3 is 24.4 Å². The van der Waals surface area contributed by atoms with Crippen LogP contribution in [0, 0.1) is 17.2 Å². The number of halogens is 4. The van der Waals surface area contributed by atoms with Crippen LogP contribution in [0.4, 0.5) is 19.0 Å². The molecular formula is C31H35ClF3N7O3. The van der Waals surface area contributed by atoms with Crippen LogP contribution >= 0.6 is 11.6 Å². The second-order valence-corrected chi connectivity index (χ2v) is 13.3. The molecule has 2 fully saturated rings. The minimum atomic E-state index is -2.90. The Morgan fingerprint density at radius 3 is 2.80 bits per heavy atom. The number of hydrogen-bond donors (Lipinski definition) is 2. The lowest BCUT2D eigenvalue weighted by molar-refractivity contribution is 0.0288. The van der Waals surface area contributed by atoms with Crippen molar-refractivity contribution in [1.29, 1.82) is 0 Å². The monoisotopic (exact) mass is 645 g/mol. The second kappa shape index (κ2) is 11.5. The van der Waals surface area contributed by atoms with Crippen LogP contribution in [0.3, 0.4) is 0 Å². The van der Waals surface area contributed by atoms with Gasteiger partial charge >= 0.3 is 6.01 Å². The fourth-order valence-corrected chi connectivity index (χ4v) is 7.20. The number of piperidine rings is 1. The third-order valence-corrected chi connectivity index (χ3v) is 9.46. The lowest BCUT2D eigenvalue weighted by Crippen LogP contribution is -2.45. The fourth-order valence-electron chi connectivity index (χ4n) is 6.90. The predicted octanol–water partition coefficient (Wildman–Crippen LogP) is 4.87. The molecular weight excluding hydrogens is 611 g/mol. The van der Waals surface area contributed by atoms with Gasteiger partial charge in [0.15, 0.2) is 5.82 Å². The molecule has 3 atom stereocenters. The summed E-state index contributed by atoms with van der Waals surface area (Å²) in [7, 11) is 3.46. The number of pyridine rings is 1. The maximum absolute atomic E-state index is 16.9.